The molecule has 1 heteroatoms. The van der Waals surface area contributed by atoms with Crippen molar-refractivity contribution < 1.29 is 0 Å². The van der Waals surface area contributed by atoms with Crippen LogP contribution in [0.25, 0.3) is 76.5 Å². The third-order valence-electron chi connectivity index (χ3n) is 8.22. The molecule has 0 N–H and O–H groups in total. The first-order chi connectivity index (χ1) is 19.7. The van der Waals surface area contributed by atoms with Crippen LogP contribution in [0.5, 0.6) is 0 Å². The lowest BCUT2D eigenvalue weighted by molar-refractivity contribution is 1.48. The molecule has 0 spiro atoms. The Labute approximate surface area is 232 Å². The Hall–Kier alpha value is -5.45. The molecule has 0 heterocycles. The molecule has 0 fully saturated rings. The first-order valence-electron chi connectivity index (χ1n) is 13.6. The molecule has 8 rings (SSSR count). The van der Waals surface area contributed by atoms with Gasteiger partial charge in [-0.1, -0.05) is 115 Å². The van der Waals surface area contributed by atoms with E-state index in [0.29, 0.717) is 5.56 Å². The maximum Gasteiger partial charge on any atom is 0.0991 e. The molecule has 40 heavy (non-hydrogen) atoms. The van der Waals surface area contributed by atoms with Crippen molar-refractivity contribution in [3.8, 4) is 39.4 Å². The van der Waals surface area contributed by atoms with Crippen LogP contribution in [0.15, 0.2) is 140 Å². The number of hydrogen-bond acceptors (Lipinski definition) is 1. The molecular weight excluding hydrogens is 482 g/mol. The fraction of sp³-hybridized carbons (Fsp3) is 0. The highest BCUT2D eigenvalue weighted by Crippen LogP contribution is 2.40. The van der Waals surface area contributed by atoms with E-state index in [1.807, 2.05) is 24.3 Å². The predicted octanol–water partition coefficient (Wildman–Crippen LogP) is 10.6. The summed E-state index contributed by atoms with van der Waals surface area (Å²) in [4.78, 5) is 0. The molecule has 0 atom stereocenters. The van der Waals surface area contributed by atoms with Crippen molar-refractivity contribution in [2.24, 2.45) is 0 Å². The van der Waals surface area contributed by atoms with Gasteiger partial charge in [-0.05, 0) is 101 Å². The molecule has 0 aliphatic rings. The summed E-state index contributed by atoms with van der Waals surface area (Å²) in [5.41, 5.74) is 7.73. The summed E-state index contributed by atoms with van der Waals surface area (Å²) in [5, 5.41) is 19.6. The smallest absolute Gasteiger partial charge is 0.0991 e. The van der Waals surface area contributed by atoms with Crippen molar-refractivity contribution in [2.45, 2.75) is 0 Å². The highest BCUT2D eigenvalue weighted by atomic mass is 14.2. The zero-order valence-electron chi connectivity index (χ0n) is 21.7. The normalized spacial score (nSPS) is 11.5. The van der Waals surface area contributed by atoms with Gasteiger partial charge >= 0.3 is 0 Å². The number of nitriles is 1. The lowest BCUT2D eigenvalue weighted by atomic mass is 9.89. The fourth-order valence-electron chi connectivity index (χ4n) is 6.20. The van der Waals surface area contributed by atoms with Crippen LogP contribution in [-0.4, -0.2) is 0 Å². The van der Waals surface area contributed by atoms with Gasteiger partial charge in [-0.15, -0.1) is 0 Å². The average molecular weight is 506 g/mol. The standard InChI is InChI=1S/C39H23N/c40-24-25-3-1-6-31(21-25)26-7-9-27(10-8-26)32-13-14-34-23-35(16-15-33(34)22-32)36-19-17-30-12-11-28-4-2-5-29-18-20-37(36)39(30)38(28)29/h1-23H. The second kappa shape index (κ2) is 8.80. The summed E-state index contributed by atoms with van der Waals surface area (Å²) in [6.45, 7) is 0. The summed E-state index contributed by atoms with van der Waals surface area (Å²) < 4.78 is 0. The van der Waals surface area contributed by atoms with E-state index in [1.165, 1.54) is 65.3 Å². The minimum Gasteiger partial charge on any atom is -0.192 e. The molecule has 0 saturated heterocycles. The van der Waals surface area contributed by atoms with Crippen LogP contribution in [0.1, 0.15) is 5.56 Å². The Balaban J connectivity index is 1.18. The van der Waals surface area contributed by atoms with E-state index in [0.717, 1.165) is 11.1 Å². The van der Waals surface area contributed by atoms with E-state index in [9.17, 15) is 5.26 Å². The number of nitrogens with zero attached hydrogens (tertiary/aromatic N) is 1. The zero-order chi connectivity index (χ0) is 26.6. The molecule has 0 radical (unpaired) electrons. The topological polar surface area (TPSA) is 23.8 Å². The van der Waals surface area contributed by atoms with Gasteiger partial charge in [0.1, 0.15) is 0 Å². The SMILES string of the molecule is N#Cc1cccc(-c2ccc(-c3ccc4cc(-c5ccc6ccc7cccc8ccc5c6c78)ccc4c3)cc2)c1. The Morgan fingerprint density at radius 1 is 0.375 bits per heavy atom. The molecule has 0 saturated carbocycles. The van der Waals surface area contributed by atoms with E-state index in [2.05, 4.69) is 121 Å². The van der Waals surface area contributed by atoms with Crippen molar-refractivity contribution in [3.05, 3.63) is 145 Å². The summed E-state index contributed by atoms with van der Waals surface area (Å²) in [7, 11) is 0. The number of hydrogen-bond donors (Lipinski definition) is 0. The van der Waals surface area contributed by atoms with Crippen LogP contribution in [0, 0.1) is 11.3 Å². The number of fused-ring (bicyclic) bond motifs is 1. The van der Waals surface area contributed by atoms with Crippen LogP contribution in [0.4, 0.5) is 0 Å². The predicted molar refractivity (Wildman–Crippen MR) is 169 cm³/mol. The highest BCUT2D eigenvalue weighted by molar-refractivity contribution is 6.25. The van der Waals surface area contributed by atoms with Gasteiger partial charge < -0.3 is 0 Å². The maximum atomic E-state index is 9.23. The minimum atomic E-state index is 0.678. The monoisotopic (exact) mass is 505 g/mol. The van der Waals surface area contributed by atoms with Gasteiger partial charge in [-0.2, -0.15) is 5.26 Å². The second-order valence-corrected chi connectivity index (χ2v) is 10.5. The van der Waals surface area contributed by atoms with Crippen LogP contribution in [0.2, 0.25) is 0 Å². The molecule has 0 aromatic heterocycles. The number of rotatable bonds is 3. The molecule has 0 aliphatic heterocycles. The van der Waals surface area contributed by atoms with Crippen molar-refractivity contribution in [2.75, 3.05) is 0 Å². The van der Waals surface area contributed by atoms with Gasteiger partial charge in [0.25, 0.3) is 0 Å². The Bertz CT molecular complexity index is 2250. The third-order valence-corrected chi connectivity index (χ3v) is 8.22. The minimum absolute atomic E-state index is 0.678. The van der Waals surface area contributed by atoms with Crippen LogP contribution >= 0.6 is 0 Å². The average Bonchev–Trinajstić information content (AvgIpc) is 3.03. The quantitative estimate of drug-likeness (QED) is 0.219. The highest BCUT2D eigenvalue weighted by Gasteiger charge is 2.12. The molecule has 0 aliphatic carbocycles. The van der Waals surface area contributed by atoms with Gasteiger partial charge in [-0.3, -0.25) is 0 Å². The molecule has 0 unspecified atom stereocenters. The van der Waals surface area contributed by atoms with Gasteiger partial charge in [0.2, 0.25) is 0 Å². The maximum absolute atomic E-state index is 9.23. The lowest BCUT2D eigenvalue weighted by Gasteiger charge is -2.14. The molecule has 0 bridgehead atoms. The van der Waals surface area contributed by atoms with Crippen molar-refractivity contribution in [1.82, 2.24) is 0 Å². The van der Waals surface area contributed by atoms with E-state index in [4.69, 9.17) is 0 Å². The van der Waals surface area contributed by atoms with E-state index in [-0.39, 0.29) is 0 Å². The molecule has 184 valence electrons. The van der Waals surface area contributed by atoms with Gasteiger partial charge in [0.15, 0.2) is 0 Å². The summed E-state index contributed by atoms with van der Waals surface area (Å²) in [6.07, 6.45) is 0. The molecular formula is C39H23N. The second-order valence-electron chi connectivity index (χ2n) is 10.5. The summed E-state index contributed by atoms with van der Waals surface area (Å²) in [6, 6.07) is 52.2. The van der Waals surface area contributed by atoms with E-state index >= 15 is 0 Å². The largest absolute Gasteiger partial charge is 0.192 e. The van der Waals surface area contributed by atoms with Gasteiger partial charge in [-0.25, -0.2) is 0 Å². The number of benzene rings is 8. The summed E-state index contributed by atoms with van der Waals surface area (Å²) >= 11 is 0. The van der Waals surface area contributed by atoms with Crippen LogP contribution in [-0.2, 0) is 0 Å². The van der Waals surface area contributed by atoms with Gasteiger partial charge in [0.05, 0.1) is 11.6 Å². The lowest BCUT2D eigenvalue weighted by Crippen LogP contribution is -1.87. The first kappa shape index (κ1) is 22.5. The van der Waals surface area contributed by atoms with Crippen molar-refractivity contribution in [3.63, 3.8) is 0 Å². The van der Waals surface area contributed by atoms with Crippen LogP contribution in [0.3, 0.4) is 0 Å². The Morgan fingerprint density at radius 3 is 1.62 bits per heavy atom. The fourth-order valence-corrected chi connectivity index (χ4v) is 6.20. The molecule has 1 nitrogen and oxygen atoms in total. The molecule has 8 aromatic rings. The van der Waals surface area contributed by atoms with Crippen molar-refractivity contribution >= 4 is 43.1 Å². The zero-order valence-corrected chi connectivity index (χ0v) is 21.7. The third kappa shape index (κ3) is 3.55. The van der Waals surface area contributed by atoms with Crippen LogP contribution < -0.4 is 0 Å². The van der Waals surface area contributed by atoms with E-state index < -0.39 is 0 Å². The van der Waals surface area contributed by atoms with Crippen molar-refractivity contribution in [1.29, 1.82) is 5.26 Å². The van der Waals surface area contributed by atoms with E-state index in [1.54, 1.807) is 0 Å². The summed E-state index contributed by atoms with van der Waals surface area (Å²) in [5.74, 6) is 0. The Morgan fingerprint density at radius 2 is 0.900 bits per heavy atom. The van der Waals surface area contributed by atoms with Gasteiger partial charge in [0, 0.05) is 0 Å². The molecule has 0 amide bonds. The first-order valence-corrected chi connectivity index (χ1v) is 13.6. The Kier molecular flexibility index (Phi) is 4.96. The molecule has 8 aromatic carbocycles.